The number of alkyl halides is 2. The molecular weight excluding hydrogens is 184 g/mol. The molecule has 0 spiro atoms. The lowest BCUT2D eigenvalue weighted by Crippen LogP contribution is -2.33. The molecule has 2 N–H and O–H groups in total. The number of hydrogen-bond donors (Lipinski definition) is 1. The Kier molecular flexibility index (Phi) is 2.78. The summed E-state index contributed by atoms with van der Waals surface area (Å²) < 4.78 is 25.9. The SMILES string of the molecule is NC(CC1CCC1)C1CCC(F)(F)C1. The van der Waals surface area contributed by atoms with Crippen LogP contribution < -0.4 is 5.73 Å². The highest BCUT2D eigenvalue weighted by Gasteiger charge is 2.42. The maximum Gasteiger partial charge on any atom is 0.248 e. The van der Waals surface area contributed by atoms with E-state index in [9.17, 15) is 8.78 Å². The van der Waals surface area contributed by atoms with E-state index in [1.165, 1.54) is 19.3 Å². The molecule has 0 heterocycles. The summed E-state index contributed by atoms with van der Waals surface area (Å²) >= 11 is 0. The van der Waals surface area contributed by atoms with E-state index < -0.39 is 5.92 Å². The van der Waals surface area contributed by atoms with Crippen LogP contribution >= 0.6 is 0 Å². The Bertz CT molecular complexity index is 201. The molecule has 0 saturated heterocycles. The van der Waals surface area contributed by atoms with Crippen LogP contribution in [0, 0.1) is 11.8 Å². The molecule has 0 bridgehead atoms. The Morgan fingerprint density at radius 3 is 2.43 bits per heavy atom. The molecule has 2 aliphatic carbocycles. The van der Waals surface area contributed by atoms with Crippen molar-refractivity contribution in [3.8, 4) is 0 Å². The smallest absolute Gasteiger partial charge is 0.248 e. The number of rotatable bonds is 3. The Morgan fingerprint density at radius 2 is 2.00 bits per heavy atom. The molecule has 2 unspecified atom stereocenters. The molecule has 1 nitrogen and oxygen atoms in total. The van der Waals surface area contributed by atoms with Gasteiger partial charge in [0.2, 0.25) is 5.92 Å². The van der Waals surface area contributed by atoms with Gasteiger partial charge in [-0.25, -0.2) is 8.78 Å². The zero-order valence-electron chi connectivity index (χ0n) is 8.52. The van der Waals surface area contributed by atoms with Gasteiger partial charge in [0.05, 0.1) is 0 Å². The van der Waals surface area contributed by atoms with Gasteiger partial charge in [0, 0.05) is 18.9 Å². The van der Waals surface area contributed by atoms with Crippen LogP contribution in [0.15, 0.2) is 0 Å². The largest absolute Gasteiger partial charge is 0.327 e. The molecule has 3 heteroatoms. The third kappa shape index (κ3) is 2.25. The summed E-state index contributed by atoms with van der Waals surface area (Å²) in [5, 5.41) is 0. The second kappa shape index (κ2) is 3.76. The molecule has 14 heavy (non-hydrogen) atoms. The summed E-state index contributed by atoms with van der Waals surface area (Å²) in [5.41, 5.74) is 5.98. The summed E-state index contributed by atoms with van der Waals surface area (Å²) in [7, 11) is 0. The molecule has 0 aromatic rings. The van der Waals surface area contributed by atoms with Gasteiger partial charge < -0.3 is 5.73 Å². The van der Waals surface area contributed by atoms with Crippen LogP contribution in [0.5, 0.6) is 0 Å². The van der Waals surface area contributed by atoms with Crippen LogP contribution in [-0.2, 0) is 0 Å². The third-order valence-electron chi connectivity index (χ3n) is 3.88. The molecule has 82 valence electrons. The Balaban J connectivity index is 1.77. The van der Waals surface area contributed by atoms with Crippen molar-refractivity contribution >= 4 is 0 Å². The van der Waals surface area contributed by atoms with Crippen LogP contribution in [0.4, 0.5) is 8.78 Å². The summed E-state index contributed by atoms with van der Waals surface area (Å²) in [4.78, 5) is 0. The van der Waals surface area contributed by atoms with Crippen molar-refractivity contribution in [3.63, 3.8) is 0 Å². The van der Waals surface area contributed by atoms with Gasteiger partial charge in [-0.1, -0.05) is 19.3 Å². The summed E-state index contributed by atoms with van der Waals surface area (Å²) in [5.74, 6) is -1.62. The van der Waals surface area contributed by atoms with Gasteiger partial charge in [-0.2, -0.15) is 0 Å². The first-order valence-corrected chi connectivity index (χ1v) is 5.70. The van der Waals surface area contributed by atoms with Crippen LogP contribution in [0.25, 0.3) is 0 Å². The zero-order valence-corrected chi connectivity index (χ0v) is 8.52. The molecule has 2 aliphatic rings. The van der Waals surface area contributed by atoms with Crippen LogP contribution in [0.3, 0.4) is 0 Å². The summed E-state index contributed by atoms with van der Waals surface area (Å²) in [6.07, 6.45) is 5.50. The molecule has 2 fully saturated rings. The average molecular weight is 203 g/mol. The van der Waals surface area contributed by atoms with E-state index in [1.807, 2.05) is 0 Å². The minimum Gasteiger partial charge on any atom is -0.327 e. The van der Waals surface area contributed by atoms with E-state index in [1.54, 1.807) is 0 Å². The summed E-state index contributed by atoms with van der Waals surface area (Å²) in [6.45, 7) is 0. The topological polar surface area (TPSA) is 26.0 Å². The van der Waals surface area contributed by atoms with Crippen LogP contribution in [-0.4, -0.2) is 12.0 Å². The zero-order chi connectivity index (χ0) is 10.2. The van der Waals surface area contributed by atoms with Gasteiger partial charge >= 0.3 is 0 Å². The Morgan fingerprint density at radius 1 is 1.29 bits per heavy atom. The molecule has 0 aromatic carbocycles. The molecule has 0 amide bonds. The highest BCUT2D eigenvalue weighted by Crippen LogP contribution is 2.42. The minimum absolute atomic E-state index is 0.0219. The molecular formula is C11H19F2N. The average Bonchev–Trinajstić information content (AvgIpc) is 2.38. The van der Waals surface area contributed by atoms with Gasteiger partial charge in [0.15, 0.2) is 0 Å². The van der Waals surface area contributed by atoms with Crippen LogP contribution in [0.2, 0.25) is 0 Å². The van der Waals surface area contributed by atoms with E-state index >= 15 is 0 Å². The first kappa shape index (κ1) is 10.3. The number of halogens is 2. The Hall–Kier alpha value is -0.180. The number of nitrogens with two attached hydrogens (primary N) is 1. The van der Waals surface area contributed by atoms with Gasteiger partial charge in [-0.3, -0.25) is 0 Å². The van der Waals surface area contributed by atoms with Crippen LogP contribution in [0.1, 0.15) is 44.9 Å². The van der Waals surface area contributed by atoms with Gasteiger partial charge in [-0.05, 0) is 24.7 Å². The van der Waals surface area contributed by atoms with Gasteiger partial charge in [-0.15, -0.1) is 0 Å². The minimum atomic E-state index is -2.43. The predicted octanol–water partition coefficient (Wildman–Crippen LogP) is 2.94. The lowest BCUT2D eigenvalue weighted by atomic mass is 9.78. The Labute approximate surface area is 84.0 Å². The molecule has 0 aromatic heterocycles. The van der Waals surface area contributed by atoms with Crippen molar-refractivity contribution < 1.29 is 8.78 Å². The molecule has 2 saturated carbocycles. The molecule has 2 atom stereocenters. The monoisotopic (exact) mass is 203 g/mol. The van der Waals surface area contributed by atoms with Crippen molar-refractivity contribution in [2.24, 2.45) is 17.6 Å². The lowest BCUT2D eigenvalue weighted by molar-refractivity contribution is 0.00335. The van der Waals surface area contributed by atoms with E-state index in [0.717, 1.165) is 12.3 Å². The van der Waals surface area contributed by atoms with Crippen molar-refractivity contribution in [1.29, 1.82) is 0 Å². The fourth-order valence-corrected chi connectivity index (χ4v) is 2.66. The third-order valence-corrected chi connectivity index (χ3v) is 3.88. The molecule has 2 rings (SSSR count). The van der Waals surface area contributed by atoms with Crippen molar-refractivity contribution in [1.82, 2.24) is 0 Å². The van der Waals surface area contributed by atoms with E-state index in [4.69, 9.17) is 5.73 Å². The van der Waals surface area contributed by atoms with Gasteiger partial charge in [0.1, 0.15) is 0 Å². The van der Waals surface area contributed by atoms with Crippen molar-refractivity contribution in [2.75, 3.05) is 0 Å². The van der Waals surface area contributed by atoms with Crippen molar-refractivity contribution in [3.05, 3.63) is 0 Å². The first-order valence-electron chi connectivity index (χ1n) is 5.70. The quantitative estimate of drug-likeness (QED) is 0.749. The standard InChI is InChI=1S/C11H19F2N/c12-11(13)5-4-9(7-11)10(14)6-8-2-1-3-8/h8-10H,1-7,14H2. The fourth-order valence-electron chi connectivity index (χ4n) is 2.66. The highest BCUT2D eigenvalue weighted by molar-refractivity contribution is 4.88. The number of hydrogen-bond acceptors (Lipinski definition) is 1. The lowest BCUT2D eigenvalue weighted by Gasteiger charge is -2.30. The predicted molar refractivity (Wildman–Crippen MR) is 52.2 cm³/mol. The van der Waals surface area contributed by atoms with E-state index in [2.05, 4.69) is 0 Å². The van der Waals surface area contributed by atoms with E-state index in [-0.39, 0.29) is 24.8 Å². The maximum atomic E-state index is 12.9. The van der Waals surface area contributed by atoms with E-state index in [0.29, 0.717) is 6.42 Å². The molecule has 0 radical (unpaired) electrons. The molecule has 0 aliphatic heterocycles. The fraction of sp³-hybridized carbons (Fsp3) is 1.00. The van der Waals surface area contributed by atoms with Gasteiger partial charge in [0.25, 0.3) is 0 Å². The second-order valence-corrected chi connectivity index (χ2v) is 5.06. The van der Waals surface area contributed by atoms with Crippen molar-refractivity contribution in [2.45, 2.75) is 56.9 Å². The maximum absolute atomic E-state index is 12.9. The first-order chi connectivity index (χ1) is 6.57. The second-order valence-electron chi connectivity index (χ2n) is 5.06. The highest BCUT2D eigenvalue weighted by atomic mass is 19.3. The summed E-state index contributed by atoms with van der Waals surface area (Å²) in [6, 6.07) is 0.0219. The normalized spacial score (nSPS) is 34.1.